The molecule has 1 amide bonds. The first-order chi connectivity index (χ1) is 11.3. The number of hydrogen-bond acceptors (Lipinski definition) is 2. The minimum absolute atomic E-state index is 0.0815. The third-order valence-electron chi connectivity index (χ3n) is 5.13. The van der Waals surface area contributed by atoms with Crippen LogP contribution in [0.3, 0.4) is 0 Å². The van der Waals surface area contributed by atoms with Crippen molar-refractivity contribution in [2.75, 3.05) is 13.1 Å². The summed E-state index contributed by atoms with van der Waals surface area (Å²) in [4.78, 5) is 14.5. The summed E-state index contributed by atoms with van der Waals surface area (Å²) in [6.45, 7) is 1.55. The second-order valence-corrected chi connectivity index (χ2v) is 6.55. The highest BCUT2D eigenvalue weighted by Crippen LogP contribution is 2.39. The number of rotatable bonds is 1. The number of ether oxygens (including phenoxy) is 1. The fraction of sp³-hybridized carbons (Fsp3) is 0.350. The second kappa shape index (κ2) is 5.73. The Morgan fingerprint density at radius 2 is 1.61 bits per heavy atom. The molecule has 23 heavy (non-hydrogen) atoms. The molecule has 4 rings (SSSR count). The van der Waals surface area contributed by atoms with Crippen molar-refractivity contribution in [3.8, 4) is 5.75 Å². The average Bonchev–Trinajstić information content (AvgIpc) is 2.62. The van der Waals surface area contributed by atoms with Gasteiger partial charge in [0.15, 0.2) is 0 Å². The minimum atomic E-state index is -0.0815. The van der Waals surface area contributed by atoms with Gasteiger partial charge in [0.1, 0.15) is 11.4 Å². The van der Waals surface area contributed by atoms with Crippen LogP contribution in [0.2, 0.25) is 0 Å². The summed E-state index contributed by atoms with van der Waals surface area (Å²) in [5.41, 5.74) is 2.00. The zero-order valence-electron chi connectivity index (χ0n) is 13.2. The zero-order valence-corrected chi connectivity index (χ0v) is 13.2. The van der Waals surface area contributed by atoms with Gasteiger partial charge < -0.3 is 9.64 Å². The maximum Gasteiger partial charge on any atom is 0.253 e. The number of para-hydroxylation sites is 1. The maximum absolute atomic E-state index is 12.6. The van der Waals surface area contributed by atoms with Gasteiger partial charge >= 0.3 is 0 Å². The summed E-state index contributed by atoms with van der Waals surface area (Å²) in [7, 11) is 0. The molecule has 0 bridgehead atoms. The van der Waals surface area contributed by atoms with E-state index in [1.807, 2.05) is 41.3 Å². The molecule has 3 nitrogen and oxygen atoms in total. The van der Waals surface area contributed by atoms with Gasteiger partial charge in [-0.3, -0.25) is 4.79 Å². The Morgan fingerprint density at radius 3 is 2.39 bits per heavy atom. The lowest BCUT2D eigenvalue weighted by Gasteiger charge is -2.44. The van der Waals surface area contributed by atoms with Crippen LogP contribution in [0.5, 0.6) is 5.75 Å². The molecule has 2 aliphatic heterocycles. The lowest BCUT2D eigenvalue weighted by molar-refractivity contribution is -0.0106. The van der Waals surface area contributed by atoms with Gasteiger partial charge in [0.05, 0.1) is 0 Å². The maximum atomic E-state index is 12.6. The van der Waals surface area contributed by atoms with Crippen molar-refractivity contribution in [3.63, 3.8) is 0 Å². The summed E-state index contributed by atoms with van der Waals surface area (Å²) in [5, 5.41) is 0. The molecule has 3 heteroatoms. The topological polar surface area (TPSA) is 29.5 Å². The molecule has 118 valence electrons. The minimum Gasteiger partial charge on any atom is -0.487 e. The van der Waals surface area contributed by atoms with E-state index in [4.69, 9.17) is 4.74 Å². The van der Waals surface area contributed by atoms with E-state index in [1.54, 1.807) is 0 Å². The van der Waals surface area contributed by atoms with Crippen LogP contribution in [0, 0.1) is 0 Å². The molecule has 2 aliphatic rings. The van der Waals surface area contributed by atoms with E-state index in [9.17, 15) is 4.79 Å². The third-order valence-corrected chi connectivity index (χ3v) is 5.13. The van der Waals surface area contributed by atoms with Crippen LogP contribution in [0.1, 0.15) is 35.2 Å². The highest BCUT2D eigenvalue weighted by atomic mass is 16.5. The lowest BCUT2D eigenvalue weighted by atomic mass is 9.83. The molecule has 0 atom stereocenters. The van der Waals surface area contributed by atoms with Gasteiger partial charge in [-0.05, 0) is 36.6 Å². The van der Waals surface area contributed by atoms with Crippen LogP contribution >= 0.6 is 0 Å². The van der Waals surface area contributed by atoms with Gasteiger partial charge in [0.25, 0.3) is 5.91 Å². The second-order valence-electron chi connectivity index (χ2n) is 6.55. The van der Waals surface area contributed by atoms with Crippen molar-refractivity contribution >= 4 is 5.91 Å². The van der Waals surface area contributed by atoms with Crippen molar-refractivity contribution in [1.29, 1.82) is 0 Å². The quantitative estimate of drug-likeness (QED) is 0.804. The molecule has 0 aliphatic carbocycles. The van der Waals surface area contributed by atoms with Crippen molar-refractivity contribution in [2.45, 2.75) is 31.3 Å². The van der Waals surface area contributed by atoms with Crippen LogP contribution in [-0.4, -0.2) is 29.5 Å². The summed E-state index contributed by atoms with van der Waals surface area (Å²) < 4.78 is 6.36. The van der Waals surface area contributed by atoms with Gasteiger partial charge in [-0.2, -0.15) is 0 Å². The van der Waals surface area contributed by atoms with E-state index in [1.165, 1.54) is 5.56 Å². The monoisotopic (exact) mass is 307 g/mol. The Hall–Kier alpha value is -2.29. The van der Waals surface area contributed by atoms with Crippen LogP contribution in [0.4, 0.5) is 0 Å². The SMILES string of the molecule is O=C(c1ccccc1)N1CCC2(CCc3ccccc3O2)CC1. The van der Waals surface area contributed by atoms with Crippen molar-refractivity contribution < 1.29 is 9.53 Å². The Bertz CT molecular complexity index is 703. The number of piperidine rings is 1. The normalized spacial score (nSPS) is 19.0. The number of carbonyl (C=O) groups excluding carboxylic acids is 1. The van der Waals surface area contributed by atoms with E-state index in [0.717, 1.165) is 50.1 Å². The van der Waals surface area contributed by atoms with Crippen molar-refractivity contribution in [2.24, 2.45) is 0 Å². The number of benzene rings is 2. The summed E-state index contributed by atoms with van der Waals surface area (Å²) >= 11 is 0. The van der Waals surface area contributed by atoms with Crippen molar-refractivity contribution in [3.05, 3.63) is 65.7 Å². The smallest absolute Gasteiger partial charge is 0.253 e. The first kappa shape index (κ1) is 14.3. The van der Waals surface area contributed by atoms with Crippen LogP contribution < -0.4 is 4.74 Å². The Kier molecular flexibility index (Phi) is 3.56. The number of likely N-dealkylation sites (tertiary alicyclic amines) is 1. The Morgan fingerprint density at radius 1 is 0.913 bits per heavy atom. The van der Waals surface area contributed by atoms with Crippen molar-refractivity contribution in [1.82, 2.24) is 4.90 Å². The molecule has 2 aromatic rings. The number of fused-ring (bicyclic) bond motifs is 1. The van der Waals surface area contributed by atoms with E-state index < -0.39 is 0 Å². The molecule has 1 saturated heterocycles. The van der Waals surface area contributed by atoms with Crippen LogP contribution in [0.15, 0.2) is 54.6 Å². The predicted octanol–water partition coefficient (Wildman–Crippen LogP) is 3.69. The molecule has 0 aromatic heterocycles. The van der Waals surface area contributed by atoms with Gasteiger partial charge in [0.2, 0.25) is 0 Å². The van der Waals surface area contributed by atoms with Gasteiger partial charge in [-0.25, -0.2) is 0 Å². The molecule has 1 fully saturated rings. The van der Waals surface area contributed by atoms with Gasteiger partial charge in [-0.1, -0.05) is 36.4 Å². The number of carbonyl (C=O) groups is 1. The molecule has 2 aromatic carbocycles. The molecular weight excluding hydrogens is 286 g/mol. The number of amides is 1. The first-order valence-electron chi connectivity index (χ1n) is 8.37. The van der Waals surface area contributed by atoms with E-state index >= 15 is 0 Å². The summed E-state index contributed by atoms with van der Waals surface area (Å²) in [6.07, 6.45) is 3.96. The first-order valence-corrected chi connectivity index (χ1v) is 8.37. The summed E-state index contributed by atoms with van der Waals surface area (Å²) in [5.74, 6) is 1.17. The fourth-order valence-corrected chi connectivity index (χ4v) is 3.69. The van der Waals surface area contributed by atoms with E-state index in [0.29, 0.717) is 0 Å². The van der Waals surface area contributed by atoms with Gasteiger partial charge in [0, 0.05) is 31.5 Å². The molecule has 1 spiro atoms. The molecular formula is C20H21NO2. The Labute approximate surface area is 136 Å². The predicted molar refractivity (Wildman–Crippen MR) is 89.7 cm³/mol. The Balaban J connectivity index is 1.45. The van der Waals surface area contributed by atoms with Crippen LogP contribution in [-0.2, 0) is 6.42 Å². The standard InChI is InChI=1S/C20H21NO2/c22-19(17-7-2-1-3-8-17)21-14-12-20(13-15-21)11-10-16-6-4-5-9-18(16)23-20/h1-9H,10-15H2. The van der Waals surface area contributed by atoms with Crippen LogP contribution in [0.25, 0.3) is 0 Å². The van der Waals surface area contributed by atoms with E-state index in [2.05, 4.69) is 18.2 Å². The number of aryl methyl sites for hydroxylation is 1. The fourth-order valence-electron chi connectivity index (χ4n) is 3.69. The summed E-state index contributed by atoms with van der Waals surface area (Å²) in [6, 6.07) is 17.9. The molecule has 0 saturated carbocycles. The average molecular weight is 307 g/mol. The van der Waals surface area contributed by atoms with E-state index in [-0.39, 0.29) is 11.5 Å². The molecule has 0 N–H and O–H groups in total. The number of hydrogen-bond donors (Lipinski definition) is 0. The third kappa shape index (κ3) is 2.72. The zero-order chi connectivity index (χ0) is 15.7. The molecule has 2 heterocycles. The lowest BCUT2D eigenvalue weighted by Crippen LogP contribution is -2.51. The molecule has 0 unspecified atom stereocenters. The largest absolute Gasteiger partial charge is 0.487 e. The highest BCUT2D eigenvalue weighted by Gasteiger charge is 2.40. The molecule has 0 radical (unpaired) electrons. The number of nitrogens with zero attached hydrogens (tertiary/aromatic N) is 1. The van der Waals surface area contributed by atoms with Gasteiger partial charge in [-0.15, -0.1) is 0 Å². The highest BCUT2D eigenvalue weighted by molar-refractivity contribution is 5.94.